The fraction of sp³-hybridized carbons (Fsp3) is 0.833. The van der Waals surface area contributed by atoms with Gasteiger partial charge in [0, 0.05) is 6.61 Å². The monoisotopic (exact) mass is 239 g/mol. The first-order chi connectivity index (χ1) is 8.40. The van der Waals surface area contributed by atoms with Crippen LogP contribution in [0.3, 0.4) is 0 Å². The molecular formula is C12H21N3O2. The summed E-state index contributed by atoms with van der Waals surface area (Å²) in [5, 5.41) is 7.48. The van der Waals surface area contributed by atoms with Crippen molar-refractivity contribution < 1.29 is 9.26 Å². The second-order valence-electron chi connectivity index (χ2n) is 4.45. The largest absolute Gasteiger partial charge is 0.372 e. The molecule has 5 nitrogen and oxygen atoms in total. The molecule has 1 atom stereocenters. The molecule has 5 heteroatoms. The Morgan fingerprint density at radius 3 is 3.24 bits per heavy atom. The molecule has 2 rings (SSSR count). The van der Waals surface area contributed by atoms with Crippen LogP contribution in [0.2, 0.25) is 0 Å². The molecule has 1 N–H and O–H groups in total. The molecule has 1 fully saturated rings. The smallest absolute Gasteiger partial charge is 0.252 e. The summed E-state index contributed by atoms with van der Waals surface area (Å²) in [6.45, 7) is 4.28. The third kappa shape index (κ3) is 3.78. The molecule has 17 heavy (non-hydrogen) atoms. The Kier molecular flexibility index (Phi) is 4.94. The highest BCUT2D eigenvalue weighted by molar-refractivity contribution is 4.94. The van der Waals surface area contributed by atoms with Crippen LogP contribution in [0.5, 0.6) is 0 Å². The molecule has 1 saturated heterocycles. The quantitative estimate of drug-likeness (QED) is 0.798. The number of aromatic nitrogens is 2. The maximum absolute atomic E-state index is 5.38. The summed E-state index contributed by atoms with van der Waals surface area (Å²) in [5.41, 5.74) is 0. The lowest BCUT2D eigenvalue weighted by atomic mass is 10.1. The van der Waals surface area contributed by atoms with Crippen molar-refractivity contribution in [3.05, 3.63) is 11.7 Å². The van der Waals surface area contributed by atoms with E-state index in [1.54, 1.807) is 0 Å². The first-order valence-corrected chi connectivity index (χ1v) is 6.53. The zero-order chi connectivity index (χ0) is 11.9. The Bertz CT molecular complexity index is 319. The van der Waals surface area contributed by atoms with Crippen molar-refractivity contribution in [3.8, 4) is 0 Å². The van der Waals surface area contributed by atoms with Crippen molar-refractivity contribution in [1.29, 1.82) is 0 Å². The minimum absolute atomic E-state index is 0.251. The SMILES string of the molecule is CCCOCc1nc(C2CCCCCN2)no1. The van der Waals surface area contributed by atoms with Gasteiger partial charge in [0.2, 0.25) is 0 Å². The van der Waals surface area contributed by atoms with Crippen LogP contribution in [0.4, 0.5) is 0 Å². The van der Waals surface area contributed by atoms with Gasteiger partial charge < -0.3 is 14.6 Å². The number of ether oxygens (including phenoxy) is 1. The van der Waals surface area contributed by atoms with Gasteiger partial charge in [0.15, 0.2) is 5.82 Å². The Balaban J connectivity index is 1.87. The molecule has 0 bridgehead atoms. The van der Waals surface area contributed by atoms with Gasteiger partial charge >= 0.3 is 0 Å². The second-order valence-corrected chi connectivity index (χ2v) is 4.45. The van der Waals surface area contributed by atoms with E-state index in [0.717, 1.165) is 31.8 Å². The maximum Gasteiger partial charge on any atom is 0.252 e. The van der Waals surface area contributed by atoms with Crippen molar-refractivity contribution in [2.75, 3.05) is 13.2 Å². The summed E-state index contributed by atoms with van der Waals surface area (Å²) >= 11 is 0. The van der Waals surface area contributed by atoms with Crippen molar-refractivity contribution in [2.45, 2.75) is 51.7 Å². The lowest BCUT2D eigenvalue weighted by Crippen LogP contribution is -2.21. The number of hydrogen-bond acceptors (Lipinski definition) is 5. The molecule has 2 heterocycles. The third-order valence-electron chi connectivity index (χ3n) is 2.93. The van der Waals surface area contributed by atoms with Crippen molar-refractivity contribution in [2.24, 2.45) is 0 Å². The van der Waals surface area contributed by atoms with Gasteiger partial charge in [-0.15, -0.1) is 0 Å². The topological polar surface area (TPSA) is 60.2 Å². The zero-order valence-electron chi connectivity index (χ0n) is 10.4. The number of hydrogen-bond donors (Lipinski definition) is 1. The van der Waals surface area contributed by atoms with Crippen molar-refractivity contribution in [1.82, 2.24) is 15.5 Å². The zero-order valence-corrected chi connectivity index (χ0v) is 10.4. The normalized spacial score (nSPS) is 21.4. The lowest BCUT2D eigenvalue weighted by molar-refractivity contribution is 0.0981. The Hall–Kier alpha value is -0.940. The summed E-state index contributed by atoms with van der Waals surface area (Å²) in [6, 6.07) is 0.251. The number of nitrogens with one attached hydrogen (secondary N) is 1. The van der Waals surface area contributed by atoms with Crippen LogP contribution in [-0.4, -0.2) is 23.3 Å². The molecule has 1 aromatic heterocycles. The molecule has 0 amide bonds. The van der Waals surface area contributed by atoms with E-state index < -0.39 is 0 Å². The molecule has 0 aromatic carbocycles. The van der Waals surface area contributed by atoms with Crippen LogP contribution in [0.1, 0.15) is 56.8 Å². The molecule has 1 unspecified atom stereocenters. The van der Waals surface area contributed by atoms with Gasteiger partial charge in [-0.05, 0) is 25.8 Å². The fourth-order valence-corrected chi connectivity index (χ4v) is 2.02. The molecular weight excluding hydrogens is 218 g/mol. The molecule has 1 aromatic rings. The third-order valence-corrected chi connectivity index (χ3v) is 2.93. The van der Waals surface area contributed by atoms with Gasteiger partial charge in [-0.25, -0.2) is 0 Å². The molecule has 0 spiro atoms. The summed E-state index contributed by atoms with van der Waals surface area (Å²) in [7, 11) is 0. The van der Waals surface area contributed by atoms with Crippen LogP contribution in [0, 0.1) is 0 Å². The van der Waals surface area contributed by atoms with Gasteiger partial charge in [-0.2, -0.15) is 4.98 Å². The minimum Gasteiger partial charge on any atom is -0.372 e. The van der Waals surface area contributed by atoms with Gasteiger partial charge in [-0.1, -0.05) is 24.9 Å². The Morgan fingerprint density at radius 2 is 2.35 bits per heavy atom. The number of rotatable bonds is 5. The minimum atomic E-state index is 0.251. The maximum atomic E-state index is 5.38. The summed E-state index contributed by atoms with van der Waals surface area (Å²) in [5.74, 6) is 1.36. The highest BCUT2D eigenvalue weighted by Crippen LogP contribution is 2.20. The van der Waals surface area contributed by atoms with Crippen molar-refractivity contribution in [3.63, 3.8) is 0 Å². The molecule has 1 aliphatic rings. The van der Waals surface area contributed by atoms with Gasteiger partial charge in [0.1, 0.15) is 6.61 Å². The van der Waals surface area contributed by atoms with E-state index >= 15 is 0 Å². The molecule has 1 aliphatic heterocycles. The van der Waals surface area contributed by atoms with Gasteiger partial charge in [0.05, 0.1) is 6.04 Å². The van der Waals surface area contributed by atoms with Crippen molar-refractivity contribution >= 4 is 0 Å². The summed E-state index contributed by atoms with van der Waals surface area (Å²) < 4.78 is 10.6. The molecule has 0 aliphatic carbocycles. The average Bonchev–Trinajstić information content (AvgIpc) is 2.64. The highest BCUT2D eigenvalue weighted by Gasteiger charge is 2.19. The molecule has 0 saturated carbocycles. The van der Waals surface area contributed by atoms with Gasteiger partial charge in [-0.3, -0.25) is 0 Å². The van der Waals surface area contributed by atoms with Crippen LogP contribution in [0.25, 0.3) is 0 Å². The lowest BCUT2D eigenvalue weighted by Gasteiger charge is -2.09. The first kappa shape index (κ1) is 12.5. The predicted octanol–water partition coefficient (Wildman–Crippen LogP) is 2.20. The van der Waals surface area contributed by atoms with E-state index in [9.17, 15) is 0 Å². The average molecular weight is 239 g/mol. The van der Waals surface area contributed by atoms with E-state index in [-0.39, 0.29) is 6.04 Å². The van der Waals surface area contributed by atoms with E-state index in [1.165, 1.54) is 19.3 Å². The molecule has 96 valence electrons. The van der Waals surface area contributed by atoms with Crippen LogP contribution in [0.15, 0.2) is 4.52 Å². The standard InChI is InChI=1S/C12H21N3O2/c1-2-8-16-9-11-14-12(15-17-11)10-6-4-3-5-7-13-10/h10,13H,2-9H2,1H3. The fourth-order valence-electron chi connectivity index (χ4n) is 2.02. The van der Waals surface area contributed by atoms with Gasteiger partial charge in [0.25, 0.3) is 5.89 Å². The Morgan fingerprint density at radius 1 is 1.41 bits per heavy atom. The van der Waals surface area contributed by atoms with E-state index in [0.29, 0.717) is 12.5 Å². The predicted molar refractivity (Wildman–Crippen MR) is 63.5 cm³/mol. The van der Waals surface area contributed by atoms with E-state index in [4.69, 9.17) is 9.26 Å². The second kappa shape index (κ2) is 6.71. The van der Waals surface area contributed by atoms with Crippen LogP contribution < -0.4 is 5.32 Å². The van der Waals surface area contributed by atoms with Crippen LogP contribution in [-0.2, 0) is 11.3 Å². The highest BCUT2D eigenvalue weighted by atomic mass is 16.5. The van der Waals surface area contributed by atoms with E-state index in [2.05, 4.69) is 22.4 Å². The molecule has 0 radical (unpaired) electrons. The number of nitrogens with zero attached hydrogens (tertiary/aromatic N) is 2. The Labute approximate surface area is 102 Å². The summed E-state index contributed by atoms with van der Waals surface area (Å²) in [6.07, 6.45) is 5.85. The summed E-state index contributed by atoms with van der Waals surface area (Å²) in [4.78, 5) is 4.38. The van der Waals surface area contributed by atoms with E-state index in [1.807, 2.05) is 0 Å². The first-order valence-electron chi connectivity index (χ1n) is 6.53. The van der Waals surface area contributed by atoms with Crippen LogP contribution >= 0.6 is 0 Å².